The fourth-order valence-electron chi connectivity index (χ4n) is 0.959. The van der Waals surface area contributed by atoms with Crippen LogP contribution in [0.3, 0.4) is 0 Å². The zero-order valence-electron chi connectivity index (χ0n) is 7.21. The molecule has 1 fully saturated rings. The molecule has 14 heavy (non-hydrogen) atoms. The highest BCUT2D eigenvalue weighted by molar-refractivity contribution is 5.22. The Balaban J connectivity index is 2.01. The molecule has 7 nitrogen and oxygen atoms in total. The van der Waals surface area contributed by atoms with Gasteiger partial charge in [0.2, 0.25) is 0 Å². The second kappa shape index (κ2) is 3.54. The molecule has 0 amide bonds. The highest BCUT2D eigenvalue weighted by atomic mass is 16.6. The molecule has 1 N–H and O–H groups in total. The minimum absolute atomic E-state index is 0.0801. The number of nitrogens with zero attached hydrogens (tertiary/aromatic N) is 3. The van der Waals surface area contributed by atoms with Crippen molar-refractivity contribution in [2.75, 3.05) is 13.1 Å². The molecule has 1 aliphatic rings. The molecular formula is C7H8N4O3. The van der Waals surface area contributed by atoms with Gasteiger partial charge in [-0.25, -0.2) is 0 Å². The topological polar surface area (TPSA) is 90.2 Å². The van der Waals surface area contributed by atoms with Gasteiger partial charge in [0.25, 0.3) is 0 Å². The minimum atomic E-state index is -0.547. The highest BCUT2D eigenvalue weighted by Gasteiger charge is 2.19. The quantitative estimate of drug-likeness (QED) is 0.528. The van der Waals surface area contributed by atoms with E-state index in [1.807, 2.05) is 0 Å². The van der Waals surface area contributed by atoms with Crippen molar-refractivity contribution in [1.29, 1.82) is 0 Å². The van der Waals surface area contributed by atoms with Gasteiger partial charge in [0.05, 0.1) is 4.92 Å². The summed E-state index contributed by atoms with van der Waals surface area (Å²) in [6.07, 6.45) is 2.35. The van der Waals surface area contributed by atoms with E-state index in [-0.39, 0.29) is 17.8 Å². The van der Waals surface area contributed by atoms with Gasteiger partial charge in [0.1, 0.15) is 18.5 Å². The van der Waals surface area contributed by atoms with E-state index in [1.165, 1.54) is 0 Å². The molecule has 1 saturated heterocycles. The number of nitrogens with one attached hydrogen (secondary N) is 1. The molecule has 0 radical (unpaired) electrons. The number of nitro groups is 1. The van der Waals surface area contributed by atoms with Crippen LogP contribution in [0.15, 0.2) is 12.4 Å². The van der Waals surface area contributed by atoms with E-state index in [1.54, 1.807) is 0 Å². The fraction of sp³-hybridized carbons (Fsp3) is 0.429. The Morgan fingerprint density at radius 1 is 1.50 bits per heavy atom. The summed E-state index contributed by atoms with van der Waals surface area (Å²) in [5.41, 5.74) is -0.135. The summed E-state index contributed by atoms with van der Waals surface area (Å²) in [6.45, 7) is 1.53. The van der Waals surface area contributed by atoms with Crippen molar-refractivity contribution in [3.63, 3.8) is 0 Å². The third kappa shape index (κ3) is 1.77. The lowest BCUT2D eigenvalue weighted by Gasteiger charge is -2.26. The molecule has 1 aromatic rings. The van der Waals surface area contributed by atoms with Crippen LogP contribution in [0.2, 0.25) is 0 Å². The van der Waals surface area contributed by atoms with E-state index < -0.39 is 4.92 Å². The van der Waals surface area contributed by atoms with E-state index >= 15 is 0 Å². The van der Waals surface area contributed by atoms with Crippen molar-refractivity contribution in [2.24, 2.45) is 0 Å². The molecule has 74 valence electrons. The van der Waals surface area contributed by atoms with Gasteiger partial charge in [-0.2, -0.15) is 9.97 Å². The maximum Gasteiger partial charge on any atom is 0.317 e. The van der Waals surface area contributed by atoms with Crippen LogP contribution < -0.4 is 10.1 Å². The lowest BCUT2D eigenvalue weighted by Crippen LogP contribution is -2.50. The number of rotatable bonds is 3. The van der Waals surface area contributed by atoms with Crippen molar-refractivity contribution in [3.8, 4) is 6.01 Å². The second-order valence-corrected chi connectivity index (χ2v) is 2.88. The normalized spacial score (nSPS) is 16.0. The SMILES string of the molecule is O=[N+]([O-])c1cnc(OC2CNC2)nc1. The first kappa shape index (κ1) is 8.82. The molecule has 0 aliphatic carbocycles. The molecule has 0 bridgehead atoms. The van der Waals surface area contributed by atoms with Gasteiger partial charge < -0.3 is 10.1 Å². The van der Waals surface area contributed by atoms with Gasteiger partial charge in [-0.1, -0.05) is 0 Å². The van der Waals surface area contributed by atoms with Crippen molar-refractivity contribution < 1.29 is 9.66 Å². The first-order chi connectivity index (χ1) is 6.75. The molecule has 1 aliphatic heterocycles. The van der Waals surface area contributed by atoms with Gasteiger partial charge in [-0.3, -0.25) is 10.1 Å². The van der Waals surface area contributed by atoms with E-state index in [9.17, 15) is 10.1 Å². The second-order valence-electron chi connectivity index (χ2n) is 2.88. The third-order valence-corrected chi connectivity index (χ3v) is 1.84. The number of hydrogen-bond donors (Lipinski definition) is 1. The molecule has 0 unspecified atom stereocenters. The smallest absolute Gasteiger partial charge is 0.317 e. The largest absolute Gasteiger partial charge is 0.457 e. The summed E-state index contributed by atoms with van der Waals surface area (Å²) in [4.78, 5) is 17.2. The van der Waals surface area contributed by atoms with Crippen molar-refractivity contribution in [3.05, 3.63) is 22.5 Å². The average Bonchev–Trinajstić information content (AvgIpc) is 2.12. The predicted molar refractivity (Wildman–Crippen MR) is 46.0 cm³/mol. The minimum Gasteiger partial charge on any atom is -0.457 e. The average molecular weight is 196 g/mol. The number of ether oxygens (including phenoxy) is 1. The molecule has 0 saturated carbocycles. The zero-order valence-corrected chi connectivity index (χ0v) is 7.21. The number of hydrogen-bond acceptors (Lipinski definition) is 6. The molecule has 2 rings (SSSR count). The van der Waals surface area contributed by atoms with Crippen molar-refractivity contribution >= 4 is 5.69 Å². The van der Waals surface area contributed by atoms with Crippen molar-refractivity contribution in [2.45, 2.75) is 6.10 Å². The van der Waals surface area contributed by atoms with Crippen LogP contribution >= 0.6 is 0 Å². The molecule has 0 aromatic carbocycles. The van der Waals surface area contributed by atoms with Crippen LogP contribution in [0.4, 0.5) is 5.69 Å². The van der Waals surface area contributed by atoms with Crippen LogP contribution in [0, 0.1) is 10.1 Å². The Bertz CT molecular complexity index is 335. The molecular weight excluding hydrogens is 188 g/mol. The summed E-state index contributed by atoms with van der Waals surface area (Å²) in [6, 6.07) is 0.183. The van der Waals surface area contributed by atoms with Gasteiger partial charge in [-0.15, -0.1) is 0 Å². The molecule has 0 spiro atoms. The Labute approximate surface area is 79.3 Å². The van der Waals surface area contributed by atoms with Crippen molar-refractivity contribution in [1.82, 2.24) is 15.3 Å². The lowest BCUT2D eigenvalue weighted by molar-refractivity contribution is -0.385. The Morgan fingerprint density at radius 2 is 2.14 bits per heavy atom. The Hall–Kier alpha value is -1.76. The maximum atomic E-state index is 10.3. The summed E-state index contributed by atoms with van der Waals surface area (Å²) >= 11 is 0. The van der Waals surface area contributed by atoms with E-state index in [0.29, 0.717) is 0 Å². The summed E-state index contributed by atoms with van der Waals surface area (Å²) in [5.74, 6) is 0. The first-order valence-corrected chi connectivity index (χ1v) is 4.09. The first-order valence-electron chi connectivity index (χ1n) is 4.09. The standard InChI is InChI=1S/C7H8N4O3/c12-11(13)5-1-9-7(10-2-5)14-6-3-8-4-6/h1-2,6,8H,3-4H2. The summed E-state index contributed by atoms with van der Waals surface area (Å²) in [7, 11) is 0. The molecule has 2 heterocycles. The van der Waals surface area contributed by atoms with Crippen LogP contribution in [0.1, 0.15) is 0 Å². The van der Waals surface area contributed by atoms with Gasteiger partial charge in [0, 0.05) is 13.1 Å². The fourth-order valence-corrected chi connectivity index (χ4v) is 0.959. The highest BCUT2D eigenvalue weighted by Crippen LogP contribution is 2.11. The third-order valence-electron chi connectivity index (χ3n) is 1.84. The number of aromatic nitrogens is 2. The van der Waals surface area contributed by atoms with E-state index in [0.717, 1.165) is 25.5 Å². The summed E-state index contributed by atoms with van der Waals surface area (Å²) in [5, 5.41) is 13.3. The van der Waals surface area contributed by atoms with Gasteiger partial charge in [0.15, 0.2) is 0 Å². The van der Waals surface area contributed by atoms with Gasteiger partial charge in [-0.05, 0) is 0 Å². The van der Waals surface area contributed by atoms with Crippen LogP contribution in [-0.4, -0.2) is 34.1 Å². The Kier molecular flexibility index (Phi) is 2.23. The molecule has 7 heteroatoms. The predicted octanol–water partition coefficient (Wildman–Crippen LogP) is -0.265. The lowest BCUT2D eigenvalue weighted by atomic mass is 10.2. The van der Waals surface area contributed by atoms with Crippen LogP contribution in [-0.2, 0) is 0 Å². The molecule has 1 aromatic heterocycles. The molecule has 0 atom stereocenters. The monoisotopic (exact) mass is 196 g/mol. The van der Waals surface area contributed by atoms with Crippen LogP contribution in [0.5, 0.6) is 6.01 Å². The maximum absolute atomic E-state index is 10.3. The van der Waals surface area contributed by atoms with Crippen LogP contribution in [0.25, 0.3) is 0 Å². The van der Waals surface area contributed by atoms with E-state index in [4.69, 9.17) is 4.74 Å². The summed E-state index contributed by atoms with van der Waals surface area (Å²) < 4.78 is 5.28. The zero-order chi connectivity index (χ0) is 9.97. The van der Waals surface area contributed by atoms with Gasteiger partial charge >= 0.3 is 11.7 Å². The Morgan fingerprint density at radius 3 is 2.57 bits per heavy atom. The van der Waals surface area contributed by atoms with E-state index in [2.05, 4.69) is 15.3 Å².